The molecule has 0 spiro atoms. The Morgan fingerprint density at radius 2 is 1.62 bits per heavy atom. The van der Waals surface area contributed by atoms with E-state index in [1.54, 1.807) is 43.3 Å². The Labute approximate surface area is 243 Å². The number of carbonyl (C=O) groups is 2. The monoisotopic (exact) mass is 611 g/mol. The van der Waals surface area contributed by atoms with Crippen LogP contribution in [0, 0.1) is 0 Å². The SMILES string of the molecule is CC[C@@H](C(=O)NC)N(Cc1ccc(Cl)cc1Cl)C(=O)CN(c1cc(Cl)ccc1OC)S(=O)(=O)c1ccccc1. The predicted molar refractivity (Wildman–Crippen MR) is 154 cm³/mol. The first-order valence-corrected chi connectivity index (χ1v) is 14.5. The number of nitrogens with zero attached hydrogens (tertiary/aromatic N) is 2. The molecule has 39 heavy (non-hydrogen) atoms. The van der Waals surface area contributed by atoms with Gasteiger partial charge in [-0.1, -0.05) is 66.0 Å². The van der Waals surface area contributed by atoms with Crippen LogP contribution in [0.5, 0.6) is 5.75 Å². The van der Waals surface area contributed by atoms with Gasteiger partial charge in [0.25, 0.3) is 10.0 Å². The molecule has 1 N–H and O–H groups in total. The molecular weight excluding hydrogens is 585 g/mol. The number of amides is 2. The zero-order chi connectivity index (χ0) is 28.7. The third-order valence-corrected chi connectivity index (χ3v) is 8.60. The number of nitrogens with one attached hydrogen (secondary N) is 1. The number of hydrogen-bond acceptors (Lipinski definition) is 5. The highest BCUT2D eigenvalue weighted by Gasteiger charge is 2.34. The molecule has 3 aromatic carbocycles. The average molecular weight is 613 g/mol. The number of ether oxygens (including phenoxy) is 1. The zero-order valence-electron chi connectivity index (χ0n) is 21.5. The molecule has 0 aromatic heterocycles. The van der Waals surface area contributed by atoms with Gasteiger partial charge in [-0.25, -0.2) is 8.42 Å². The first-order chi connectivity index (χ1) is 18.5. The first-order valence-electron chi connectivity index (χ1n) is 11.9. The van der Waals surface area contributed by atoms with E-state index in [0.717, 1.165) is 4.31 Å². The minimum absolute atomic E-state index is 0.0366. The lowest BCUT2D eigenvalue weighted by atomic mass is 10.1. The van der Waals surface area contributed by atoms with Gasteiger partial charge in [-0.3, -0.25) is 13.9 Å². The standard InChI is InChI=1S/C27H28Cl3N3O5S/c1-4-23(27(35)31-2)32(16-18-10-11-19(28)14-22(18)30)26(34)17-33(24-15-20(29)12-13-25(24)38-3)39(36,37)21-8-6-5-7-9-21/h5-15,23H,4,16-17H2,1-3H3,(H,31,35)/t23-/m0/s1. The van der Waals surface area contributed by atoms with E-state index in [9.17, 15) is 18.0 Å². The molecule has 12 heteroatoms. The van der Waals surface area contributed by atoms with Gasteiger partial charge in [0.15, 0.2) is 0 Å². The Hall–Kier alpha value is -2.98. The van der Waals surface area contributed by atoms with Crippen LogP contribution in [0.3, 0.4) is 0 Å². The molecular formula is C27H28Cl3N3O5S. The van der Waals surface area contributed by atoms with Crippen molar-refractivity contribution in [2.24, 2.45) is 0 Å². The van der Waals surface area contributed by atoms with Gasteiger partial charge in [-0.2, -0.15) is 0 Å². The quantitative estimate of drug-likeness (QED) is 0.313. The zero-order valence-corrected chi connectivity index (χ0v) is 24.6. The summed E-state index contributed by atoms with van der Waals surface area (Å²) in [5.41, 5.74) is 0.606. The largest absolute Gasteiger partial charge is 0.495 e. The molecule has 0 aliphatic rings. The molecule has 1 atom stereocenters. The third-order valence-electron chi connectivity index (χ3n) is 6.01. The van der Waals surface area contributed by atoms with E-state index >= 15 is 0 Å². The van der Waals surface area contributed by atoms with Crippen molar-refractivity contribution in [3.8, 4) is 5.75 Å². The van der Waals surface area contributed by atoms with E-state index in [-0.39, 0.29) is 34.3 Å². The second kappa shape index (κ2) is 13.4. The molecule has 0 unspecified atom stereocenters. The normalized spacial score (nSPS) is 11.9. The average Bonchev–Trinajstić information content (AvgIpc) is 2.92. The minimum atomic E-state index is -4.27. The lowest BCUT2D eigenvalue weighted by Crippen LogP contribution is -2.51. The van der Waals surface area contributed by atoms with Crippen LogP contribution in [0.1, 0.15) is 18.9 Å². The van der Waals surface area contributed by atoms with Gasteiger partial charge in [0, 0.05) is 28.7 Å². The number of hydrogen-bond donors (Lipinski definition) is 1. The second-order valence-electron chi connectivity index (χ2n) is 8.44. The topological polar surface area (TPSA) is 96.0 Å². The van der Waals surface area contributed by atoms with Crippen molar-refractivity contribution in [1.82, 2.24) is 10.2 Å². The molecule has 208 valence electrons. The molecule has 0 saturated carbocycles. The predicted octanol–water partition coefficient (Wildman–Crippen LogP) is 5.40. The molecule has 0 aliphatic carbocycles. The summed E-state index contributed by atoms with van der Waals surface area (Å²) in [6.07, 6.45) is 0.266. The van der Waals surface area contributed by atoms with Gasteiger partial charge in [-0.15, -0.1) is 0 Å². The van der Waals surface area contributed by atoms with E-state index in [2.05, 4.69) is 5.32 Å². The van der Waals surface area contributed by atoms with Crippen LogP contribution in [0.2, 0.25) is 15.1 Å². The number of halogens is 3. The van der Waals surface area contributed by atoms with Crippen molar-refractivity contribution in [2.45, 2.75) is 30.8 Å². The molecule has 0 radical (unpaired) electrons. The number of likely N-dealkylation sites (N-methyl/N-ethyl adjacent to an activating group) is 1. The summed E-state index contributed by atoms with van der Waals surface area (Å²) >= 11 is 18.7. The molecule has 0 aliphatic heterocycles. The van der Waals surface area contributed by atoms with Gasteiger partial charge in [0.05, 0.1) is 17.7 Å². The molecule has 0 fully saturated rings. The van der Waals surface area contributed by atoms with Gasteiger partial charge in [0.2, 0.25) is 11.8 Å². The van der Waals surface area contributed by atoms with Gasteiger partial charge in [0.1, 0.15) is 18.3 Å². The van der Waals surface area contributed by atoms with Gasteiger partial charge in [-0.05, 0) is 54.4 Å². The Kier molecular flexibility index (Phi) is 10.5. The van der Waals surface area contributed by atoms with Crippen LogP contribution in [-0.4, -0.2) is 51.9 Å². The number of rotatable bonds is 11. The van der Waals surface area contributed by atoms with E-state index < -0.39 is 34.4 Å². The number of benzene rings is 3. The Morgan fingerprint density at radius 3 is 2.21 bits per heavy atom. The number of methoxy groups -OCH3 is 1. The highest BCUT2D eigenvalue weighted by Crippen LogP contribution is 2.35. The van der Waals surface area contributed by atoms with Crippen LogP contribution in [0.15, 0.2) is 71.6 Å². The molecule has 0 heterocycles. The lowest BCUT2D eigenvalue weighted by Gasteiger charge is -2.33. The van der Waals surface area contributed by atoms with E-state index in [1.807, 2.05) is 0 Å². The van der Waals surface area contributed by atoms with Crippen LogP contribution in [-0.2, 0) is 26.2 Å². The van der Waals surface area contributed by atoms with Crippen molar-refractivity contribution in [1.29, 1.82) is 0 Å². The Bertz CT molecular complexity index is 1440. The summed E-state index contributed by atoms with van der Waals surface area (Å²) in [5.74, 6) is -0.857. The van der Waals surface area contributed by atoms with Gasteiger partial charge >= 0.3 is 0 Å². The highest BCUT2D eigenvalue weighted by molar-refractivity contribution is 7.92. The van der Waals surface area contributed by atoms with Crippen LogP contribution >= 0.6 is 34.8 Å². The summed E-state index contributed by atoms with van der Waals surface area (Å²) in [4.78, 5) is 28.1. The van der Waals surface area contributed by atoms with E-state index in [0.29, 0.717) is 15.6 Å². The Morgan fingerprint density at radius 1 is 0.974 bits per heavy atom. The second-order valence-corrected chi connectivity index (χ2v) is 11.6. The summed E-state index contributed by atoms with van der Waals surface area (Å²) in [5, 5.41) is 3.53. The molecule has 3 aromatic rings. The highest BCUT2D eigenvalue weighted by atomic mass is 35.5. The smallest absolute Gasteiger partial charge is 0.264 e. The molecule has 3 rings (SSSR count). The fourth-order valence-electron chi connectivity index (χ4n) is 4.01. The van der Waals surface area contributed by atoms with E-state index in [1.165, 1.54) is 49.4 Å². The summed E-state index contributed by atoms with van der Waals surface area (Å²) in [6, 6.07) is 16.1. The Balaban J connectivity index is 2.14. The van der Waals surface area contributed by atoms with Gasteiger partial charge < -0.3 is 15.0 Å². The molecule has 0 bridgehead atoms. The van der Waals surface area contributed by atoms with Crippen molar-refractivity contribution >= 4 is 62.3 Å². The van der Waals surface area contributed by atoms with Crippen molar-refractivity contribution in [2.75, 3.05) is 25.0 Å². The maximum absolute atomic E-state index is 14.0. The van der Waals surface area contributed by atoms with Crippen molar-refractivity contribution in [3.63, 3.8) is 0 Å². The van der Waals surface area contributed by atoms with Crippen LogP contribution in [0.4, 0.5) is 5.69 Å². The van der Waals surface area contributed by atoms with Crippen LogP contribution in [0.25, 0.3) is 0 Å². The number of anilines is 1. The van der Waals surface area contributed by atoms with Crippen molar-refractivity contribution < 1.29 is 22.7 Å². The lowest BCUT2D eigenvalue weighted by molar-refractivity contribution is -0.140. The summed E-state index contributed by atoms with van der Waals surface area (Å²) in [7, 11) is -1.43. The minimum Gasteiger partial charge on any atom is -0.495 e. The summed E-state index contributed by atoms with van der Waals surface area (Å²) < 4.78 is 34.1. The first kappa shape index (κ1) is 30.6. The fraction of sp³-hybridized carbons (Fsp3) is 0.259. The fourth-order valence-corrected chi connectivity index (χ4v) is 6.08. The summed E-state index contributed by atoms with van der Waals surface area (Å²) in [6.45, 7) is 1.04. The maximum atomic E-state index is 14.0. The van der Waals surface area contributed by atoms with Crippen molar-refractivity contribution in [3.05, 3.63) is 87.4 Å². The maximum Gasteiger partial charge on any atom is 0.264 e. The number of carbonyl (C=O) groups excluding carboxylic acids is 2. The van der Waals surface area contributed by atoms with Crippen LogP contribution < -0.4 is 14.4 Å². The molecule has 8 nitrogen and oxygen atoms in total. The number of sulfonamides is 1. The third kappa shape index (κ3) is 7.16. The van der Waals surface area contributed by atoms with E-state index in [4.69, 9.17) is 39.5 Å². The molecule has 0 saturated heterocycles. The molecule has 2 amide bonds.